The van der Waals surface area contributed by atoms with Crippen molar-refractivity contribution in [1.82, 2.24) is 4.98 Å². The van der Waals surface area contributed by atoms with Gasteiger partial charge in [-0.15, -0.1) is 11.3 Å². The van der Waals surface area contributed by atoms with Crippen molar-refractivity contribution in [2.75, 3.05) is 0 Å². The third-order valence-corrected chi connectivity index (χ3v) is 2.89. The van der Waals surface area contributed by atoms with Crippen LogP contribution in [-0.2, 0) is 0 Å². The van der Waals surface area contributed by atoms with Gasteiger partial charge in [-0.1, -0.05) is 11.6 Å². The van der Waals surface area contributed by atoms with E-state index in [0.717, 1.165) is 4.83 Å². The Hall–Kier alpha value is -1.13. The summed E-state index contributed by atoms with van der Waals surface area (Å²) in [5, 5.41) is 11.5. The van der Waals surface area contributed by atoms with Gasteiger partial charge in [0.15, 0.2) is 0 Å². The molecule has 0 saturated carbocycles. The molecule has 66 valence electrons. The number of aromatic nitrogens is 1. The topological polar surface area (TPSA) is 50.2 Å². The third kappa shape index (κ3) is 1.28. The van der Waals surface area contributed by atoms with Gasteiger partial charge in [0.1, 0.15) is 4.83 Å². The molecule has 0 bridgehead atoms. The lowest BCUT2D eigenvalue weighted by atomic mass is 10.2. The lowest BCUT2D eigenvalue weighted by molar-refractivity contribution is 0.0697. The summed E-state index contributed by atoms with van der Waals surface area (Å²) in [6, 6.07) is 1.77. The molecular weight excluding hydrogens is 210 g/mol. The summed E-state index contributed by atoms with van der Waals surface area (Å²) in [5.74, 6) is -1.05. The van der Waals surface area contributed by atoms with E-state index in [-0.39, 0.29) is 10.6 Å². The maximum Gasteiger partial charge on any atom is 0.338 e. The van der Waals surface area contributed by atoms with E-state index in [1.165, 1.54) is 17.5 Å². The molecule has 1 N–H and O–H groups in total. The molecular formula is C8H4ClNO2S. The number of hydrogen-bond donors (Lipinski definition) is 1. The van der Waals surface area contributed by atoms with Crippen LogP contribution >= 0.6 is 22.9 Å². The lowest BCUT2D eigenvalue weighted by Crippen LogP contribution is -1.97. The summed E-state index contributed by atoms with van der Waals surface area (Å²) in [6.45, 7) is 0. The number of pyridine rings is 1. The van der Waals surface area contributed by atoms with Gasteiger partial charge >= 0.3 is 5.97 Å². The van der Waals surface area contributed by atoms with Gasteiger partial charge in [-0.2, -0.15) is 0 Å². The van der Waals surface area contributed by atoms with Gasteiger partial charge in [0.05, 0.1) is 10.6 Å². The van der Waals surface area contributed by atoms with E-state index in [1.54, 1.807) is 6.07 Å². The highest BCUT2D eigenvalue weighted by atomic mass is 35.5. The van der Waals surface area contributed by atoms with Crippen molar-refractivity contribution < 1.29 is 9.90 Å². The predicted octanol–water partition coefficient (Wildman–Crippen LogP) is 2.65. The van der Waals surface area contributed by atoms with Crippen molar-refractivity contribution in [3.63, 3.8) is 0 Å². The van der Waals surface area contributed by atoms with E-state index in [0.29, 0.717) is 5.39 Å². The zero-order valence-corrected chi connectivity index (χ0v) is 7.89. The molecule has 0 unspecified atom stereocenters. The van der Waals surface area contributed by atoms with Gasteiger partial charge in [0.2, 0.25) is 0 Å². The maximum absolute atomic E-state index is 10.7. The first-order valence-electron chi connectivity index (χ1n) is 3.45. The predicted molar refractivity (Wildman–Crippen MR) is 51.6 cm³/mol. The zero-order valence-electron chi connectivity index (χ0n) is 6.32. The minimum Gasteiger partial charge on any atom is -0.478 e. The molecule has 0 fully saturated rings. The van der Waals surface area contributed by atoms with Crippen molar-refractivity contribution in [1.29, 1.82) is 0 Å². The van der Waals surface area contributed by atoms with Crippen molar-refractivity contribution >= 4 is 39.1 Å². The van der Waals surface area contributed by atoms with E-state index >= 15 is 0 Å². The zero-order chi connectivity index (χ0) is 9.42. The number of aromatic carboxylic acids is 1. The van der Waals surface area contributed by atoms with Crippen LogP contribution in [0, 0.1) is 0 Å². The van der Waals surface area contributed by atoms with Gasteiger partial charge < -0.3 is 5.11 Å². The Kier molecular flexibility index (Phi) is 1.94. The number of carbonyl (C=O) groups is 1. The fraction of sp³-hybridized carbons (Fsp3) is 0. The van der Waals surface area contributed by atoms with Crippen molar-refractivity contribution in [3.8, 4) is 0 Å². The molecule has 0 aliphatic heterocycles. The number of nitrogens with zero attached hydrogens (tertiary/aromatic N) is 1. The van der Waals surface area contributed by atoms with Crippen LogP contribution in [0.5, 0.6) is 0 Å². The first-order valence-corrected chi connectivity index (χ1v) is 4.71. The van der Waals surface area contributed by atoms with Crippen molar-refractivity contribution in [2.24, 2.45) is 0 Å². The SMILES string of the molecule is O=C(O)c1cnc2sccc2c1Cl. The number of rotatable bonds is 1. The smallest absolute Gasteiger partial charge is 0.338 e. The maximum atomic E-state index is 10.7. The molecule has 0 aromatic carbocycles. The van der Waals surface area contributed by atoms with Crippen LogP contribution in [0.25, 0.3) is 10.2 Å². The second-order valence-corrected chi connectivity index (χ2v) is 3.70. The summed E-state index contributed by atoms with van der Waals surface area (Å²) in [6.07, 6.45) is 1.28. The van der Waals surface area contributed by atoms with Crippen LogP contribution in [0.3, 0.4) is 0 Å². The molecule has 0 radical (unpaired) electrons. The second-order valence-electron chi connectivity index (χ2n) is 2.43. The third-order valence-electron chi connectivity index (χ3n) is 1.66. The Balaban J connectivity index is 2.80. The quantitative estimate of drug-likeness (QED) is 0.792. The Bertz CT molecular complexity index is 480. The average Bonchev–Trinajstić information content (AvgIpc) is 2.52. The first-order chi connectivity index (χ1) is 6.20. The molecule has 0 spiro atoms. The number of hydrogen-bond acceptors (Lipinski definition) is 3. The molecule has 0 amide bonds. The molecule has 2 aromatic heterocycles. The molecule has 2 heterocycles. The van der Waals surface area contributed by atoms with Gasteiger partial charge in [0.25, 0.3) is 0 Å². The van der Waals surface area contributed by atoms with E-state index in [4.69, 9.17) is 16.7 Å². The highest BCUT2D eigenvalue weighted by molar-refractivity contribution is 7.16. The molecule has 0 atom stereocenters. The van der Waals surface area contributed by atoms with Crippen LogP contribution < -0.4 is 0 Å². The Morgan fingerprint density at radius 2 is 2.38 bits per heavy atom. The fourth-order valence-corrected chi connectivity index (χ4v) is 2.12. The molecule has 2 rings (SSSR count). The van der Waals surface area contributed by atoms with E-state index < -0.39 is 5.97 Å². The number of carboxylic acids is 1. The van der Waals surface area contributed by atoms with Gasteiger partial charge in [-0.25, -0.2) is 9.78 Å². The Morgan fingerprint density at radius 1 is 1.62 bits per heavy atom. The molecule has 13 heavy (non-hydrogen) atoms. The van der Waals surface area contributed by atoms with Crippen LogP contribution in [0.15, 0.2) is 17.6 Å². The molecule has 0 saturated heterocycles. The van der Waals surface area contributed by atoms with Crippen LogP contribution in [-0.4, -0.2) is 16.1 Å². The average molecular weight is 214 g/mol. The highest BCUT2D eigenvalue weighted by Crippen LogP contribution is 2.28. The largest absolute Gasteiger partial charge is 0.478 e. The minimum absolute atomic E-state index is 0.0487. The van der Waals surface area contributed by atoms with Crippen LogP contribution in [0.1, 0.15) is 10.4 Å². The monoisotopic (exact) mass is 213 g/mol. The fourth-order valence-electron chi connectivity index (χ4n) is 1.04. The van der Waals surface area contributed by atoms with Gasteiger partial charge in [-0.05, 0) is 11.4 Å². The number of carboxylic acid groups (broad SMARTS) is 1. The molecule has 3 nitrogen and oxygen atoms in total. The van der Waals surface area contributed by atoms with E-state index in [2.05, 4.69) is 4.98 Å². The van der Waals surface area contributed by atoms with Crippen molar-refractivity contribution in [3.05, 3.63) is 28.2 Å². The second kappa shape index (κ2) is 2.97. The molecule has 5 heteroatoms. The van der Waals surface area contributed by atoms with Crippen LogP contribution in [0.2, 0.25) is 5.02 Å². The van der Waals surface area contributed by atoms with E-state index in [9.17, 15) is 4.79 Å². The lowest BCUT2D eigenvalue weighted by Gasteiger charge is -1.97. The van der Waals surface area contributed by atoms with Crippen LogP contribution in [0.4, 0.5) is 0 Å². The number of thiophene rings is 1. The molecule has 2 aromatic rings. The summed E-state index contributed by atoms with van der Waals surface area (Å²) in [7, 11) is 0. The van der Waals surface area contributed by atoms with Crippen molar-refractivity contribution in [2.45, 2.75) is 0 Å². The number of fused-ring (bicyclic) bond motifs is 1. The highest BCUT2D eigenvalue weighted by Gasteiger charge is 2.12. The summed E-state index contributed by atoms with van der Waals surface area (Å²) >= 11 is 7.30. The summed E-state index contributed by atoms with van der Waals surface area (Å²) in [4.78, 5) is 15.4. The standard InChI is InChI=1S/C8H4ClNO2S/c9-6-4-1-2-13-7(4)10-3-5(6)8(11)12/h1-3H,(H,11,12). The Morgan fingerprint density at radius 3 is 3.08 bits per heavy atom. The van der Waals surface area contributed by atoms with Gasteiger partial charge in [0, 0.05) is 11.6 Å². The minimum atomic E-state index is -1.05. The Labute approximate surface area is 82.6 Å². The summed E-state index contributed by atoms with van der Waals surface area (Å²) < 4.78 is 0. The first kappa shape index (κ1) is 8.47. The summed E-state index contributed by atoms with van der Waals surface area (Å²) in [5.41, 5.74) is 0.0487. The number of halogens is 1. The molecule has 0 aliphatic rings. The normalized spacial score (nSPS) is 10.5. The molecule has 0 aliphatic carbocycles. The van der Waals surface area contributed by atoms with Gasteiger partial charge in [-0.3, -0.25) is 0 Å². The van der Waals surface area contributed by atoms with E-state index in [1.807, 2.05) is 5.38 Å².